The molecule has 0 bridgehead atoms. The highest BCUT2D eigenvalue weighted by Crippen LogP contribution is 2.42. The summed E-state index contributed by atoms with van der Waals surface area (Å²) in [4.78, 5) is 34.2. The summed E-state index contributed by atoms with van der Waals surface area (Å²) in [7, 11) is -3.18. The molecule has 0 fully saturated rings. The van der Waals surface area contributed by atoms with Gasteiger partial charge in [-0.1, -0.05) is 162 Å². The molecule has 262 valence electrons. The average Bonchev–Trinajstić information content (AvgIpc) is 3.01. The minimum atomic E-state index is -4.24. The van der Waals surface area contributed by atoms with E-state index < -0.39 is 26.5 Å². The van der Waals surface area contributed by atoms with Crippen LogP contribution in [0.15, 0.2) is 0 Å². The summed E-state index contributed by atoms with van der Waals surface area (Å²) >= 11 is 0. The number of phosphoric acid groups is 1. The average molecular weight is 649 g/mol. The quantitative estimate of drug-likeness (QED) is 0.0417. The van der Waals surface area contributed by atoms with Crippen molar-refractivity contribution in [2.75, 3.05) is 20.3 Å². The van der Waals surface area contributed by atoms with E-state index in [0.29, 0.717) is 6.42 Å². The zero-order chi connectivity index (χ0) is 32.6. The first-order chi connectivity index (χ1) is 21.3. The van der Waals surface area contributed by atoms with Gasteiger partial charge in [0.15, 0.2) is 6.10 Å². The maximum atomic E-state index is 12.4. The van der Waals surface area contributed by atoms with Gasteiger partial charge in [0.25, 0.3) is 0 Å². The van der Waals surface area contributed by atoms with Crippen LogP contribution in [0.1, 0.15) is 187 Å². The van der Waals surface area contributed by atoms with Crippen LogP contribution in [0, 0.1) is 0 Å². The summed E-state index contributed by atoms with van der Waals surface area (Å²) < 4.78 is 31.8. The minimum Gasteiger partial charge on any atom is -0.462 e. The Balaban J connectivity index is 4.01. The largest absolute Gasteiger partial charge is 0.472 e. The van der Waals surface area contributed by atoms with E-state index in [-0.39, 0.29) is 19.0 Å². The first kappa shape index (κ1) is 43.0. The summed E-state index contributed by atoms with van der Waals surface area (Å²) in [5, 5.41) is 0. The first-order valence-electron chi connectivity index (χ1n) is 18.2. The second-order valence-electron chi connectivity index (χ2n) is 12.4. The molecule has 2 atom stereocenters. The maximum Gasteiger partial charge on any atom is 0.472 e. The lowest BCUT2D eigenvalue weighted by atomic mass is 10.0. The van der Waals surface area contributed by atoms with Crippen LogP contribution in [0.25, 0.3) is 0 Å². The summed E-state index contributed by atoms with van der Waals surface area (Å²) in [5.41, 5.74) is 0. The fourth-order valence-electron chi connectivity index (χ4n) is 5.25. The molecule has 9 heteroatoms. The van der Waals surface area contributed by atoms with Crippen LogP contribution < -0.4 is 0 Å². The third kappa shape index (κ3) is 31.0. The van der Waals surface area contributed by atoms with Crippen molar-refractivity contribution in [3.8, 4) is 0 Å². The molecule has 0 aromatic heterocycles. The second-order valence-corrected chi connectivity index (χ2v) is 13.9. The fourth-order valence-corrected chi connectivity index (χ4v) is 5.71. The number of hydrogen-bond donors (Lipinski definition) is 1. The number of ether oxygens (including phenoxy) is 2. The summed E-state index contributed by atoms with van der Waals surface area (Å²) in [5.74, 6) is -0.795. The van der Waals surface area contributed by atoms with Gasteiger partial charge < -0.3 is 14.4 Å². The number of esters is 2. The molecule has 1 unspecified atom stereocenters. The molecular formula is C35H69O8P. The van der Waals surface area contributed by atoms with Gasteiger partial charge in [-0.2, -0.15) is 0 Å². The van der Waals surface area contributed by atoms with Crippen molar-refractivity contribution < 1.29 is 37.6 Å². The van der Waals surface area contributed by atoms with Gasteiger partial charge >= 0.3 is 19.8 Å². The monoisotopic (exact) mass is 648 g/mol. The number of phosphoric ester groups is 1. The smallest absolute Gasteiger partial charge is 0.462 e. The van der Waals surface area contributed by atoms with Crippen LogP contribution in [0.4, 0.5) is 0 Å². The molecule has 0 aromatic carbocycles. The molecule has 0 saturated heterocycles. The lowest BCUT2D eigenvalue weighted by molar-refractivity contribution is -0.161. The van der Waals surface area contributed by atoms with Gasteiger partial charge in [0.2, 0.25) is 0 Å². The van der Waals surface area contributed by atoms with E-state index in [9.17, 15) is 19.0 Å². The molecule has 0 amide bonds. The molecular weight excluding hydrogens is 579 g/mol. The Morgan fingerprint density at radius 2 is 0.886 bits per heavy atom. The molecule has 44 heavy (non-hydrogen) atoms. The van der Waals surface area contributed by atoms with Crippen molar-refractivity contribution in [1.29, 1.82) is 0 Å². The Hall–Kier alpha value is -0.950. The first-order valence-corrected chi connectivity index (χ1v) is 19.7. The molecule has 0 aliphatic rings. The minimum absolute atomic E-state index is 0.217. The van der Waals surface area contributed by atoms with Crippen molar-refractivity contribution in [1.82, 2.24) is 0 Å². The lowest BCUT2D eigenvalue weighted by Crippen LogP contribution is -2.29. The van der Waals surface area contributed by atoms with Crippen molar-refractivity contribution in [3.63, 3.8) is 0 Å². The number of unbranched alkanes of at least 4 members (excludes halogenated alkanes) is 23. The van der Waals surface area contributed by atoms with E-state index >= 15 is 0 Å². The summed E-state index contributed by atoms with van der Waals surface area (Å²) in [6, 6.07) is 0. The van der Waals surface area contributed by atoms with Gasteiger partial charge in [0.05, 0.1) is 6.61 Å². The van der Waals surface area contributed by atoms with E-state index in [1.165, 1.54) is 122 Å². The highest BCUT2D eigenvalue weighted by molar-refractivity contribution is 7.47. The van der Waals surface area contributed by atoms with Crippen molar-refractivity contribution in [2.45, 2.75) is 193 Å². The summed E-state index contributed by atoms with van der Waals surface area (Å²) in [6.45, 7) is 3.87. The number of hydrogen-bond acceptors (Lipinski definition) is 7. The second kappa shape index (κ2) is 32.0. The highest BCUT2D eigenvalue weighted by atomic mass is 31.2. The molecule has 0 aliphatic carbocycles. The lowest BCUT2D eigenvalue weighted by Gasteiger charge is -2.19. The number of carbonyl (C=O) groups is 2. The highest BCUT2D eigenvalue weighted by Gasteiger charge is 2.24. The van der Waals surface area contributed by atoms with E-state index in [2.05, 4.69) is 18.4 Å². The van der Waals surface area contributed by atoms with Gasteiger partial charge in [-0.05, 0) is 12.8 Å². The van der Waals surface area contributed by atoms with Gasteiger partial charge in [0, 0.05) is 20.0 Å². The predicted molar refractivity (Wildman–Crippen MR) is 180 cm³/mol. The van der Waals surface area contributed by atoms with Gasteiger partial charge in [-0.25, -0.2) is 4.57 Å². The zero-order valence-corrected chi connectivity index (χ0v) is 29.7. The molecule has 0 saturated carbocycles. The SMILES string of the molecule is CCCCCCCCCCCCCCCCCC(=O)OC[C@H](COP(=O)(O)OC)OC(=O)CCCCCCCCCCCC. The molecule has 8 nitrogen and oxygen atoms in total. The third-order valence-electron chi connectivity index (χ3n) is 8.10. The van der Waals surface area contributed by atoms with Crippen LogP contribution in [-0.2, 0) is 32.7 Å². The predicted octanol–water partition coefficient (Wildman–Crippen LogP) is 10.8. The molecule has 0 radical (unpaired) electrons. The Labute approximate surface area is 270 Å². The molecule has 0 aromatic rings. The Morgan fingerprint density at radius 1 is 0.545 bits per heavy atom. The summed E-state index contributed by atoms with van der Waals surface area (Å²) in [6.07, 6.45) is 30.1. The van der Waals surface area contributed by atoms with Crippen molar-refractivity contribution >= 4 is 19.8 Å². The van der Waals surface area contributed by atoms with Gasteiger partial charge in [-0.3, -0.25) is 18.6 Å². The van der Waals surface area contributed by atoms with E-state index in [1.54, 1.807) is 0 Å². The van der Waals surface area contributed by atoms with E-state index in [4.69, 9.17) is 14.0 Å². The van der Waals surface area contributed by atoms with Gasteiger partial charge in [0.1, 0.15) is 6.61 Å². The van der Waals surface area contributed by atoms with Crippen molar-refractivity contribution in [2.24, 2.45) is 0 Å². The van der Waals surface area contributed by atoms with Crippen LogP contribution in [-0.4, -0.2) is 43.3 Å². The molecule has 0 aliphatic heterocycles. The normalized spacial score (nSPS) is 13.5. The molecule has 0 spiro atoms. The standard InChI is InChI=1S/C35H69O8P/c1-4-6-8-10-12-14-16-17-18-19-20-22-23-25-27-29-34(36)41-31-33(32-42-44(38,39)40-3)43-35(37)30-28-26-24-21-15-13-11-9-7-5-2/h33H,4-32H2,1-3H3,(H,38,39)/t33-/m1/s1. The van der Waals surface area contributed by atoms with Crippen LogP contribution in [0.2, 0.25) is 0 Å². The fraction of sp³-hybridized carbons (Fsp3) is 0.943. The van der Waals surface area contributed by atoms with E-state index in [1.807, 2.05) is 0 Å². The Morgan fingerprint density at radius 3 is 1.25 bits per heavy atom. The van der Waals surface area contributed by atoms with Gasteiger partial charge in [-0.15, -0.1) is 0 Å². The van der Waals surface area contributed by atoms with Crippen LogP contribution in [0.5, 0.6) is 0 Å². The maximum absolute atomic E-state index is 12.4. The Bertz CT molecular complexity index is 702. The van der Waals surface area contributed by atoms with Crippen LogP contribution >= 0.6 is 7.82 Å². The number of carbonyl (C=O) groups excluding carboxylic acids is 2. The van der Waals surface area contributed by atoms with Crippen molar-refractivity contribution in [3.05, 3.63) is 0 Å². The third-order valence-corrected chi connectivity index (χ3v) is 9.04. The zero-order valence-electron chi connectivity index (χ0n) is 28.8. The Kier molecular flexibility index (Phi) is 31.3. The molecule has 0 heterocycles. The van der Waals surface area contributed by atoms with Crippen LogP contribution in [0.3, 0.4) is 0 Å². The van der Waals surface area contributed by atoms with E-state index in [0.717, 1.165) is 45.6 Å². The number of rotatable bonds is 34. The molecule has 1 N–H and O–H groups in total. The topological polar surface area (TPSA) is 108 Å². The molecule has 0 rings (SSSR count).